The minimum Gasteiger partial charge on any atom is -0.302 e. The molecule has 0 bridgehead atoms. The second-order valence-electron chi connectivity index (χ2n) is 4.99. The molecule has 0 saturated carbocycles. The maximum absolute atomic E-state index is 13.8. The van der Waals surface area contributed by atoms with E-state index in [1.807, 2.05) is 24.3 Å². The summed E-state index contributed by atoms with van der Waals surface area (Å²) in [5, 5.41) is 3.58. The molecule has 0 amide bonds. The topological polar surface area (TPSA) is 24.9 Å². The summed E-state index contributed by atoms with van der Waals surface area (Å²) in [6.45, 7) is 2.10. The Bertz CT molecular complexity index is 588. The predicted molar refractivity (Wildman–Crippen MR) is 80.3 cm³/mol. The van der Waals surface area contributed by atoms with E-state index in [-0.39, 0.29) is 17.9 Å². The number of rotatable bonds is 3. The van der Waals surface area contributed by atoms with E-state index in [0.717, 1.165) is 28.3 Å². The minimum absolute atomic E-state index is 0.107. The number of thioether (sulfide) groups is 1. The first-order chi connectivity index (χ1) is 9.75. The molecular formula is C16H17FN2S. The van der Waals surface area contributed by atoms with Crippen LogP contribution in [0.2, 0.25) is 0 Å². The number of nitrogens with zero attached hydrogens (tertiary/aromatic N) is 1. The van der Waals surface area contributed by atoms with Crippen molar-refractivity contribution in [3.63, 3.8) is 0 Å². The number of halogens is 1. The molecule has 1 aliphatic heterocycles. The number of nitrogens with one attached hydrogen (secondary N) is 1. The third-order valence-electron chi connectivity index (χ3n) is 3.61. The summed E-state index contributed by atoms with van der Waals surface area (Å²) >= 11 is 1.61. The highest BCUT2D eigenvalue weighted by Gasteiger charge is 2.24. The van der Waals surface area contributed by atoms with Crippen LogP contribution < -0.4 is 5.32 Å². The van der Waals surface area contributed by atoms with Gasteiger partial charge in [-0.3, -0.25) is 4.98 Å². The van der Waals surface area contributed by atoms with E-state index in [1.54, 1.807) is 24.0 Å². The van der Waals surface area contributed by atoms with Crippen LogP contribution >= 0.6 is 11.8 Å². The maximum atomic E-state index is 13.8. The zero-order valence-corrected chi connectivity index (χ0v) is 12.2. The Hall–Kier alpha value is -1.39. The molecule has 2 atom stereocenters. The van der Waals surface area contributed by atoms with Gasteiger partial charge in [0, 0.05) is 23.2 Å². The molecule has 2 nitrogen and oxygen atoms in total. The standard InChI is InChI=1S/C16H17FN2S/c1-11(14-7-2-3-9-18-14)19-15-8-10-20-16-12(15)5-4-6-13(16)17/h2-7,9,11,15,19H,8,10H2,1H3/t11-,15?/m0/s1. The summed E-state index contributed by atoms with van der Waals surface area (Å²) in [6, 6.07) is 11.6. The largest absolute Gasteiger partial charge is 0.302 e. The van der Waals surface area contributed by atoms with Crippen LogP contribution in [0.3, 0.4) is 0 Å². The van der Waals surface area contributed by atoms with Crippen LogP contribution in [0.4, 0.5) is 4.39 Å². The lowest BCUT2D eigenvalue weighted by atomic mass is 10.0. The smallest absolute Gasteiger partial charge is 0.137 e. The maximum Gasteiger partial charge on any atom is 0.137 e. The number of benzene rings is 1. The first kappa shape index (κ1) is 13.6. The van der Waals surface area contributed by atoms with Gasteiger partial charge in [-0.05, 0) is 42.9 Å². The Labute approximate surface area is 122 Å². The Morgan fingerprint density at radius 3 is 3.00 bits per heavy atom. The van der Waals surface area contributed by atoms with Crippen LogP contribution in [0.1, 0.15) is 36.7 Å². The molecule has 2 heterocycles. The Morgan fingerprint density at radius 1 is 1.30 bits per heavy atom. The minimum atomic E-state index is -0.107. The molecule has 2 aromatic rings. The molecule has 20 heavy (non-hydrogen) atoms. The molecule has 3 rings (SSSR count). The Kier molecular flexibility index (Phi) is 4.03. The van der Waals surface area contributed by atoms with E-state index in [9.17, 15) is 4.39 Å². The molecule has 0 radical (unpaired) electrons. The van der Waals surface area contributed by atoms with E-state index < -0.39 is 0 Å². The van der Waals surface area contributed by atoms with Gasteiger partial charge in [-0.1, -0.05) is 18.2 Å². The van der Waals surface area contributed by atoms with Gasteiger partial charge < -0.3 is 5.32 Å². The zero-order chi connectivity index (χ0) is 13.9. The highest BCUT2D eigenvalue weighted by atomic mass is 32.2. The van der Waals surface area contributed by atoms with Crippen molar-refractivity contribution in [1.82, 2.24) is 10.3 Å². The Balaban J connectivity index is 1.82. The predicted octanol–water partition coefficient (Wildman–Crippen LogP) is 4.11. The highest BCUT2D eigenvalue weighted by Crippen LogP contribution is 2.38. The van der Waals surface area contributed by atoms with Crippen molar-refractivity contribution >= 4 is 11.8 Å². The Morgan fingerprint density at radius 2 is 2.20 bits per heavy atom. The first-order valence-corrected chi connectivity index (χ1v) is 7.82. The summed E-state index contributed by atoms with van der Waals surface area (Å²) < 4.78 is 13.8. The molecule has 0 saturated heterocycles. The normalized spacial score (nSPS) is 19.4. The van der Waals surface area contributed by atoms with Crippen molar-refractivity contribution in [1.29, 1.82) is 0 Å². The quantitative estimate of drug-likeness (QED) is 0.920. The van der Waals surface area contributed by atoms with E-state index in [2.05, 4.69) is 17.2 Å². The number of aromatic nitrogens is 1. The van der Waals surface area contributed by atoms with Crippen LogP contribution in [-0.2, 0) is 0 Å². The van der Waals surface area contributed by atoms with E-state index >= 15 is 0 Å². The van der Waals surface area contributed by atoms with Gasteiger partial charge >= 0.3 is 0 Å². The molecule has 0 spiro atoms. The summed E-state index contributed by atoms with van der Waals surface area (Å²) in [5.74, 6) is 0.838. The lowest BCUT2D eigenvalue weighted by Gasteiger charge is -2.29. The van der Waals surface area contributed by atoms with Gasteiger partial charge in [0.2, 0.25) is 0 Å². The lowest BCUT2D eigenvalue weighted by Crippen LogP contribution is -2.28. The van der Waals surface area contributed by atoms with Crippen LogP contribution in [0.15, 0.2) is 47.5 Å². The van der Waals surface area contributed by atoms with Crippen molar-refractivity contribution < 1.29 is 4.39 Å². The van der Waals surface area contributed by atoms with Crippen LogP contribution in [0.25, 0.3) is 0 Å². The van der Waals surface area contributed by atoms with Gasteiger partial charge in [0.25, 0.3) is 0 Å². The lowest BCUT2D eigenvalue weighted by molar-refractivity contribution is 0.438. The van der Waals surface area contributed by atoms with Gasteiger partial charge in [-0.15, -0.1) is 11.8 Å². The average Bonchev–Trinajstić information content (AvgIpc) is 2.49. The third-order valence-corrected chi connectivity index (χ3v) is 4.77. The van der Waals surface area contributed by atoms with Crippen LogP contribution in [0.5, 0.6) is 0 Å². The van der Waals surface area contributed by atoms with Crippen molar-refractivity contribution in [3.8, 4) is 0 Å². The fourth-order valence-corrected chi connectivity index (χ4v) is 3.72. The second kappa shape index (κ2) is 5.94. The molecule has 1 aromatic heterocycles. The fraction of sp³-hybridized carbons (Fsp3) is 0.312. The fourth-order valence-electron chi connectivity index (χ4n) is 2.58. The third kappa shape index (κ3) is 2.72. The van der Waals surface area contributed by atoms with E-state index in [4.69, 9.17) is 0 Å². The molecule has 0 aliphatic carbocycles. The average molecular weight is 288 g/mol. The molecule has 1 unspecified atom stereocenters. The number of pyridine rings is 1. The number of hydrogen-bond donors (Lipinski definition) is 1. The van der Waals surface area contributed by atoms with Crippen molar-refractivity contribution in [3.05, 3.63) is 59.7 Å². The van der Waals surface area contributed by atoms with Crippen LogP contribution in [-0.4, -0.2) is 10.7 Å². The van der Waals surface area contributed by atoms with Crippen molar-refractivity contribution in [2.45, 2.75) is 30.3 Å². The van der Waals surface area contributed by atoms with Crippen molar-refractivity contribution in [2.75, 3.05) is 5.75 Å². The second-order valence-corrected chi connectivity index (χ2v) is 6.10. The van der Waals surface area contributed by atoms with E-state index in [0.29, 0.717) is 0 Å². The number of hydrogen-bond acceptors (Lipinski definition) is 3. The molecule has 1 aliphatic rings. The highest BCUT2D eigenvalue weighted by molar-refractivity contribution is 7.99. The number of fused-ring (bicyclic) bond motifs is 1. The van der Waals surface area contributed by atoms with Crippen molar-refractivity contribution in [2.24, 2.45) is 0 Å². The summed E-state index contributed by atoms with van der Waals surface area (Å²) in [7, 11) is 0. The summed E-state index contributed by atoms with van der Waals surface area (Å²) in [4.78, 5) is 5.17. The molecule has 0 fully saturated rings. The molecule has 1 N–H and O–H groups in total. The van der Waals surface area contributed by atoms with Gasteiger partial charge in [-0.2, -0.15) is 0 Å². The molecule has 1 aromatic carbocycles. The molecular weight excluding hydrogens is 271 g/mol. The van der Waals surface area contributed by atoms with Gasteiger partial charge in [0.15, 0.2) is 0 Å². The van der Waals surface area contributed by atoms with Gasteiger partial charge in [0.1, 0.15) is 5.82 Å². The summed E-state index contributed by atoms with van der Waals surface area (Å²) in [6.07, 6.45) is 2.82. The van der Waals surface area contributed by atoms with Gasteiger partial charge in [-0.25, -0.2) is 4.39 Å². The van der Waals surface area contributed by atoms with Crippen LogP contribution in [0, 0.1) is 5.82 Å². The summed E-state index contributed by atoms with van der Waals surface area (Å²) in [5.41, 5.74) is 2.09. The van der Waals surface area contributed by atoms with E-state index in [1.165, 1.54) is 6.07 Å². The molecule has 4 heteroatoms. The molecule has 104 valence electrons. The monoisotopic (exact) mass is 288 g/mol. The SMILES string of the molecule is C[C@H](NC1CCSc2c(F)cccc21)c1ccccn1. The van der Waals surface area contributed by atoms with Gasteiger partial charge in [0.05, 0.1) is 5.69 Å². The first-order valence-electron chi connectivity index (χ1n) is 6.84. The zero-order valence-electron chi connectivity index (χ0n) is 11.3.